The normalized spacial score (nSPS) is 12.0. The van der Waals surface area contributed by atoms with Crippen molar-refractivity contribution in [3.63, 3.8) is 0 Å². The van der Waals surface area contributed by atoms with Crippen LogP contribution in [0.2, 0.25) is 0 Å². The van der Waals surface area contributed by atoms with Crippen molar-refractivity contribution in [2.24, 2.45) is 7.05 Å². The number of fused-ring (bicyclic) bond motifs is 8. The fourth-order valence-corrected chi connectivity index (χ4v) is 5.19. The van der Waals surface area contributed by atoms with E-state index < -0.39 is 0 Å². The van der Waals surface area contributed by atoms with Gasteiger partial charge in [-0.2, -0.15) is 0 Å². The van der Waals surface area contributed by atoms with Crippen LogP contribution < -0.4 is 0 Å². The molecule has 0 aliphatic heterocycles. The maximum atomic E-state index is 6.17. The first-order chi connectivity index (χ1) is 15.3. The SMILES string of the molecule is Cn1c2c(-c3ccc4c(c3)oc3ccccc34)cccc2c2ccc3ccccc3c21. The molecule has 0 saturated heterocycles. The van der Waals surface area contributed by atoms with Gasteiger partial charge in [0, 0.05) is 39.5 Å². The highest BCUT2D eigenvalue weighted by atomic mass is 16.3. The van der Waals surface area contributed by atoms with Gasteiger partial charge in [-0.3, -0.25) is 0 Å². The summed E-state index contributed by atoms with van der Waals surface area (Å²) in [6, 6.07) is 34.5. The van der Waals surface area contributed by atoms with Crippen LogP contribution in [0.3, 0.4) is 0 Å². The second-order valence-corrected chi connectivity index (χ2v) is 8.25. The van der Waals surface area contributed by atoms with Gasteiger partial charge in [-0.25, -0.2) is 0 Å². The zero-order valence-corrected chi connectivity index (χ0v) is 17.1. The fraction of sp³-hybridized carbons (Fsp3) is 0.0345. The average Bonchev–Trinajstić information content (AvgIpc) is 3.34. The molecule has 2 heterocycles. The molecule has 0 spiro atoms. The largest absolute Gasteiger partial charge is 0.456 e. The summed E-state index contributed by atoms with van der Waals surface area (Å²) in [6.45, 7) is 0. The van der Waals surface area contributed by atoms with Gasteiger partial charge in [0.05, 0.1) is 11.0 Å². The van der Waals surface area contributed by atoms with E-state index in [9.17, 15) is 0 Å². The Kier molecular flexibility index (Phi) is 3.23. The summed E-state index contributed by atoms with van der Waals surface area (Å²) < 4.78 is 8.52. The molecule has 0 unspecified atom stereocenters. The summed E-state index contributed by atoms with van der Waals surface area (Å²) in [5, 5.41) is 7.46. The van der Waals surface area contributed by atoms with Gasteiger partial charge in [0.25, 0.3) is 0 Å². The number of rotatable bonds is 1. The van der Waals surface area contributed by atoms with E-state index in [0.717, 1.165) is 16.6 Å². The highest BCUT2D eigenvalue weighted by Crippen LogP contribution is 2.39. The molecule has 0 N–H and O–H groups in total. The van der Waals surface area contributed by atoms with Crippen LogP contribution in [0.25, 0.3) is 65.6 Å². The molecule has 0 fully saturated rings. The quantitative estimate of drug-likeness (QED) is 0.274. The fourth-order valence-electron chi connectivity index (χ4n) is 5.19. The lowest BCUT2D eigenvalue weighted by Crippen LogP contribution is -1.90. The van der Waals surface area contributed by atoms with Crippen molar-refractivity contribution in [3.05, 3.63) is 97.1 Å². The summed E-state index contributed by atoms with van der Waals surface area (Å²) in [4.78, 5) is 0. The van der Waals surface area contributed by atoms with Gasteiger partial charge in [-0.1, -0.05) is 78.9 Å². The molecule has 2 nitrogen and oxygen atoms in total. The molecule has 7 rings (SSSR count). The second-order valence-electron chi connectivity index (χ2n) is 8.25. The Morgan fingerprint density at radius 3 is 2.19 bits per heavy atom. The zero-order valence-electron chi connectivity index (χ0n) is 17.1. The number of hydrogen-bond acceptors (Lipinski definition) is 1. The molecule has 0 aliphatic carbocycles. The van der Waals surface area contributed by atoms with Crippen molar-refractivity contribution in [1.29, 1.82) is 0 Å². The van der Waals surface area contributed by atoms with E-state index in [2.05, 4.69) is 96.5 Å². The van der Waals surface area contributed by atoms with Gasteiger partial charge < -0.3 is 8.98 Å². The number of hydrogen-bond donors (Lipinski definition) is 0. The van der Waals surface area contributed by atoms with Crippen molar-refractivity contribution in [3.8, 4) is 11.1 Å². The molecule has 0 radical (unpaired) electrons. The summed E-state index contributed by atoms with van der Waals surface area (Å²) in [5.41, 5.74) is 6.80. The van der Waals surface area contributed by atoms with Crippen molar-refractivity contribution in [2.45, 2.75) is 0 Å². The monoisotopic (exact) mass is 397 g/mol. The van der Waals surface area contributed by atoms with Gasteiger partial charge in [0.1, 0.15) is 11.2 Å². The summed E-state index contributed by atoms with van der Waals surface area (Å²) in [5.74, 6) is 0. The first-order valence-corrected chi connectivity index (χ1v) is 10.6. The third-order valence-electron chi connectivity index (χ3n) is 6.59. The highest BCUT2D eigenvalue weighted by Gasteiger charge is 2.16. The van der Waals surface area contributed by atoms with Crippen LogP contribution in [-0.4, -0.2) is 4.57 Å². The Bertz CT molecular complexity index is 1800. The Hall–Kier alpha value is -4.04. The lowest BCUT2D eigenvalue weighted by Gasteiger charge is -2.08. The molecule has 7 aromatic rings. The van der Waals surface area contributed by atoms with Crippen molar-refractivity contribution in [1.82, 2.24) is 4.57 Å². The third kappa shape index (κ3) is 2.22. The van der Waals surface area contributed by atoms with E-state index in [4.69, 9.17) is 4.42 Å². The van der Waals surface area contributed by atoms with Crippen molar-refractivity contribution < 1.29 is 4.42 Å². The summed E-state index contributed by atoms with van der Waals surface area (Å²) in [7, 11) is 2.18. The number of furan rings is 1. The third-order valence-corrected chi connectivity index (χ3v) is 6.59. The van der Waals surface area contributed by atoms with Crippen LogP contribution in [0, 0.1) is 0 Å². The Morgan fingerprint density at radius 1 is 0.548 bits per heavy atom. The average molecular weight is 397 g/mol. The maximum absolute atomic E-state index is 6.17. The van der Waals surface area contributed by atoms with Gasteiger partial charge >= 0.3 is 0 Å². The van der Waals surface area contributed by atoms with Crippen molar-refractivity contribution in [2.75, 3.05) is 0 Å². The molecular formula is C29H19NO. The predicted molar refractivity (Wildman–Crippen MR) is 131 cm³/mol. The smallest absolute Gasteiger partial charge is 0.136 e. The Morgan fingerprint density at radius 2 is 1.26 bits per heavy atom. The number of aryl methyl sites for hydroxylation is 1. The second kappa shape index (κ2) is 5.99. The molecule has 5 aromatic carbocycles. The molecule has 2 heteroatoms. The number of nitrogens with zero attached hydrogens (tertiary/aromatic N) is 1. The van der Waals surface area contributed by atoms with Crippen LogP contribution in [-0.2, 0) is 7.05 Å². The van der Waals surface area contributed by atoms with Crippen LogP contribution in [0.5, 0.6) is 0 Å². The first-order valence-electron chi connectivity index (χ1n) is 10.6. The van der Waals surface area contributed by atoms with Gasteiger partial charge in [-0.05, 0) is 29.1 Å². The summed E-state index contributed by atoms with van der Waals surface area (Å²) >= 11 is 0. The molecule has 0 atom stereocenters. The maximum Gasteiger partial charge on any atom is 0.136 e. The number of benzene rings is 5. The molecule has 0 saturated carbocycles. The minimum absolute atomic E-state index is 0.930. The molecule has 2 aromatic heterocycles. The van der Waals surface area contributed by atoms with E-state index in [1.807, 2.05) is 12.1 Å². The van der Waals surface area contributed by atoms with Crippen molar-refractivity contribution >= 4 is 54.5 Å². The van der Waals surface area contributed by atoms with Crippen LogP contribution in [0.1, 0.15) is 0 Å². The summed E-state index contributed by atoms with van der Waals surface area (Å²) in [6.07, 6.45) is 0. The minimum atomic E-state index is 0.930. The highest BCUT2D eigenvalue weighted by molar-refractivity contribution is 6.20. The molecule has 0 bridgehead atoms. The standard InChI is InChI=1S/C29H19NO/c1-30-28-20-8-3-2-7-18(20)13-16-25(28)24-11-6-10-21(29(24)30)19-14-15-23-22-9-4-5-12-26(22)31-27(23)17-19/h2-17H,1H3. The molecule has 146 valence electrons. The molecule has 31 heavy (non-hydrogen) atoms. The Labute approximate surface area is 178 Å². The van der Waals surface area contributed by atoms with Crippen LogP contribution in [0.4, 0.5) is 0 Å². The van der Waals surface area contributed by atoms with Gasteiger partial charge in [0.2, 0.25) is 0 Å². The van der Waals surface area contributed by atoms with E-state index in [1.165, 1.54) is 49.1 Å². The minimum Gasteiger partial charge on any atom is -0.456 e. The van der Waals surface area contributed by atoms with E-state index in [1.54, 1.807) is 0 Å². The molecular weight excluding hydrogens is 378 g/mol. The molecule has 0 aliphatic rings. The van der Waals surface area contributed by atoms with Crippen LogP contribution >= 0.6 is 0 Å². The lowest BCUT2D eigenvalue weighted by molar-refractivity contribution is 0.669. The lowest BCUT2D eigenvalue weighted by atomic mass is 10.00. The van der Waals surface area contributed by atoms with E-state index >= 15 is 0 Å². The van der Waals surface area contributed by atoms with Crippen LogP contribution in [0.15, 0.2) is 101 Å². The Balaban J connectivity index is 1.57. The topological polar surface area (TPSA) is 18.1 Å². The molecule has 0 amide bonds. The number of para-hydroxylation sites is 2. The number of aromatic nitrogens is 1. The predicted octanol–water partition coefficient (Wildman–Crippen LogP) is 8.05. The van der Waals surface area contributed by atoms with Gasteiger partial charge in [0.15, 0.2) is 0 Å². The first kappa shape index (κ1) is 16.7. The van der Waals surface area contributed by atoms with Gasteiger partial charge in [-0.15, -0.1) is 0 Å². The van der Waals surface area contributed by atoms with E-state index in [-0.39, 0.29) is 0 Å². The van der Waals surface area contributed by atoms with E-state index in [0.29, 0.717) is 0 Å². The zero-order chi connectivity index (χ0) is 20.5.